The van der Waals surface area contributed by atoms with Crippen LogP contribution in [-0.2, 0) is 7.05 Å². The molecule has 6 nitrogen and oxygen atoms in total. The monoisotopic (exact) mass is 390 g/mol. The normalized spacial score (nSPS) is 24.1. The van der Waals surface area contributed by atoms with Gasteiger partial charge in [0.2, 0.25) is 0 Å². The number of anilines is 1. The van der Waals surface area contributed by atoms with Gasteiger partial charge >= 0.3 is 0 Å². The van der Waals surface area contributed by atoms with Gasteiger partial charge in [-0.05, 0) is 54.5 Å². The van der Waals surface area contributed by atoms with Crippen molar-refractivity contribution in [1.82, 2.24) is 24.9 Å². The molecule has 2 unspecified atom stereocenters. The van der Waals surface area contributed by atoms with Crippen molar-refractivity contribution in [3.63, 3.8) is 0 Å². The van der Waals surface area contributed by atoms with Gasteiger partial charge in [-0.3, -0.25) is 4.68 Å². The van der Waals surface area contributed by atoms with E-state index in [1.807, 2.05) is 24.0 Å². The maximum atomic E-state index is 4.46. The largest absolute Gasteiger partial charge is 0.365 e. The first kappa shape index (κ1) is 18.6. The molecule has 2 fully saturated rings. The molecule has 6 heteroatoms. The summed E-state index contributed by atoms with van der Waals surface area (Å²) >= 11 is 0. The van der Waals surface area contributed by atoms with Crippen LogP contribution in [0, 0.1) is 17.3 Å². The summed E-state index contributed by atoms with van der Waals surface area (Å²) in [5.41, 5.74) is 3.39. The average molecular weight is 391 g/mol. The molecule has 1 aliphatic heterocycles. The van der Waals surface area contributed by atoms with Crippen LogP contribution in [0.2, 0.25) is 0 Å². The van der Waals surface area contributed by atoms with Crippen molar-refractivity contribution < 1.29 is 0 Å². The first-order chi connectivity index (χ1) is 13.9. The number of hydrogen-bond acceptors (Lipinski definition) is 5. The van der Waals surface area contributed by atoms with Crippen molar-refractivity contribution in [2.24, 2.45) is 24.3 Å². The first-order valence-electron chi connectivity index (χ1n) is 10.6. The lowest BCUT2D eigenvalue weighted by Gasteiger charge is -2.25. The molecule has 0 radical (unpaired) electrons. The lowest BCUT2D eigenvalue weighted by molar-refractivity contribution is 0.245. The molecule has 0 amide bonds. The topological polar surface area (TPSA) is 58.9 Å². The molecule has 5 rings (SSSR count). The third kappa shape index (κ3) is 3.86. The number of nitrogens with zero attached hydrogens (tertiary/aromatic N) is 5. The van der Waals surface area contributed by atoms with E-state index in [1.165, 1.54) is 26.1 Å². The Balaban J connectivity index is 1.18. The highest BCUT2D eigenvalue weighted by molar-refractivity contribution is 5.83. The second-order valence-corrected chi connectivity index (χ2v) is 9.95. The Bertz CT molecular complexity index is 1000. The van der Waals surface area contributed by atoms with Gasteiger partial charge in [-0.2, -0.15) is 5.10 Å². The number of fused-ring (bicyclic) bond motifs is 2. The number of rotatable bonds is 5. The van der Waals surface area contributed by atoms with Crippen LogP contribution in [0.25, 0.3) is 22.2 Å². The summed E-state index contributed by atoms with van der Waals surface area (Å²) < 4.78 is 1.84. The smallest absolute Gasteiger partial charge is 0.148 e. The van der Waals surface area contributed by atoms with Gasteiger partial charge in [0.05, 0.1) is 11.2 Å². The lowest BCUT2D eigenvalue weighted by Crippen LogP contribution is -2.30. The van der Waals surface area contributed by atoms with Crippen molar-refractivity contribution in [2.75, 3.05) is 25.0 Å². The molecule has 1 saturated heterocycles. The zero-order valence-electron chi connectivity index (χ0n) is 17.8. The van der Waals surface area contributed by atoms with E-state index in [0.717, 1.165) is 39.8 Å². The maximum Gasteiger partial charge on any atom is 0.148 e. The van der Waals surface area contributed by atoms with Gasteiger partial charge in [-0.25, -0.2) is 0 Å². The highest BCUT2D eigenvalue weighted by Gasteiger charge is 2.55. The Morgan fingerprint density at radius 3 is 2.55 bits per heavy atom. The second-order valence-electron chi connectivity index (χ2n) is 9.95. The number of aryl methyl sites for hydroxylation is 1. The fourth-order valence-electron chi connectivity index (χ4n) is 4.55. The van der Waals surface area contributed by atoms with Crippen molar-refractivity contribution in [2.45, 2.75) is 33.2 Å². The Morgan fingerprint density at radius 1 is 1.07 bits per heavy atom. The molecule has 0 bridgehead atoms. The van der Waals surface area contributed by atoms with Crippen LogP contribution in [0.3, 0.4) is 0 Å². The fraction of sp³-hybridized carbons (Fsp3) is 0.522. The molecule has 3 heterocycles. The number of nitrogens with one attached hydrogen (secondary N) is 1. The molecule has 2 aliphatic rings. The molecule has 1 aliphatic carbocycles. The standard InChI is InChI=1S/C23H30N6/c1-23(2,3)9-10-29-13-17-18(14-29)22(17)24-21-8-7-19(25-26-21)15-5-6-20-16(11-15)12-28(4)27-20/h5-8,11-12,17-18,22H,9-10,13-14H2,1-4H3,(H,24,26). The minimum absolute atomic E-state index is 0.420. The molecule has 2 atom stereocenters. The van der Waals surface area contributed by atoms with Gasteiger partial charge in [-0.1, -0.05) is 26.8 Å². The Morgan fingerprint density at radius 2 is 1.86 bits per heavy atom. The lowest BCUT2D eigenvalue weighted by atomic mass is 9.92. The predicted octanol–water partition coefficient (Wildman–Crippen LogP) is 3.81. The third-order valence-corrected chi connectivity index (χ3v) is 6.34. The maximum absolute atomic E-state index is 4.46. The SMILES string of the molecule is Cn1cc2cc(-c3ccc(NC4C5CN(CCC(C)(C)C)CC54)nn3)ccc2n1. The van der Waals surface area contributed by atoms with Crippen molar-refractivity contribution >= 4 is 16.7 Å². The summed E-state index contributed by atoms with van der Waals surface area (Å²) in [4.78, 5) is 2.63. The molecule has 29 heavy (non-hydrogen) atoms. The van der Waals surface area contributed by atoms with E-state index in [-0.39, 0.29) is 0 Å². The minimum Gasteiger partial charge on any atom is -0.365 e. The van der Waals surface area contributed by atoms with Crippen LogP contribution < -0.4 is 5.32 Å². The summed E-state index contributed by atoms with van der Waals surface area (Å²) in [6.07, 6.45) is 3.29. The molecule has 1 aromatic carbocycles. The minimum atomic E-state index is 0.420. The van der Waals surface area contributed by atoms with Crippen molar-refractivity contribution in [1.29, 1.82) is 0 Å². The number of benzene rings is 1. The highest BCUT2D eigenvalue weighted by Crippen LogP contribution is 2.47. The summed E-state index contributed by atoms with van der Waals surface area (Å²) in [7, 11) is 1.94. The van der Waals surface area contributed by atoms with E-state index in [2.05, 4.69) is 70.5 Å². The van der Waals surface area contributed by atoms with Crippen LogP contribution in [0.1, 0.15) is 27.2 Å². The molecule has 152 valence electrons. The van der Waals surface area contributed by atoms with E-state index >= 15 is 0 Å². The molecular weight excluding hydrogens is 360 g/mol. The van der Waals surface area contributed by atoms with E-state index in [4.69, 9.17) is 0 Å². The van der Waals surface area contributed by atoms with Crippen LogP contribution in [0.5, 0.6) is 0 Å². The number of aromatic nitrogens is 4. The molecule has 2 aromatic heterocycles. The quantitative estimate of drug-likeness (QED) is 0.718. The summed E-state index contributed by atoms with van der Waals surface area (Å²) in [5, 5.41) is 18.1. The van der Waals surface area contributed by atoms with E-state index in [9.17, 15) is 0 Å². The average Bonchev–Trinajstić information content (AvgIpc) is 3.02. The zero-order valence-corrected chi connectivity index (χ0v) is 17.8. The van der Waals surface area contributed by atoms with E-state index in [1.54, 1.807) is 0 Å². The second kappa shape index (κ2) is 6.80. The number of likely N-dealkylation sites (tertiary alicyclic amines) is 1. The van der Waals surface area contributed by atoms with Gasteiger partial charge < -0.3 is 10.2 Å². The van der Waals surface area contributed by atoms with Crippen LogP contribution in [-0.4, -0.2) is 50.6 Å². The Kier molecular flexibility index (Phi) is 4.35. The third-order valence-electron chi connectivity index (χ3n) is 6.34. The Labute approximate surface area is 172 Å². The van der Waals surface area contributed by atoms with Crippen LogP contribution in [0.4, 0.5) is 5.82 Å². The van der Waals surface area contributed by atoms with Gasteiger partial charge in [0.15, 0.2) is 0 Å². The summed E-state index contributed by atoms with van der Waals surface area (Å²) in [5.74, 6) is 2.42. The fourth-order valence-corrected chi connectivity index (χ4v) is 4.55. The zero-order chi connectivity index (χ0) is 20.2. The van der Waals surface area contributed by atoms with E-state index in [0.29, 0.717) is 11.5 Å². The van der Waals surface area contributed by atoms with Gasteiger partial charge in [0.1, 0.15) is 5.82 Å². The van der Waals surface area contributed by atoms with Crippen LogP contribution in [0.15, 0.2) is 36.5 Å². The number of piperidine rings is 1. The molecule has 1 N–H and O–H groups in total. The van der Waals surface area contributed by atoms with Gasteiger partial charge in [0.25, 0.3) is 0 Å². The van der Waals surface area contributed by atoms with Crippen molar-refractivity contribution in [3.8, 4) is 11.3 Å². The van der Waals surface area contributed by atoms with Gasteiger partial charge in [0, 0.05) is 43.3 Å². The predicted molar refractivity (Wildman–Crippen MR) is 117 cm³/mol. The van der Waals surface area contributed by atoms with Crippen molar-refractivity contribution in [3.05, 3.63) is 36.5 Å². The molecule has 3 aromatic rings. The first-order valence-corrected chi connectivity index (χ1v) is 10.6. The summed E-state index contributed by atoms with van der Waals surface area (Å²) in [6, 6.07) is 10.9. The highest BCUT2D eigenvalue weighted by atomic mass is 15.3. The molecule has 1 saturated carbocycles. The van der Waals surface area contributed by atoms with Crippen LogP contribution >= 0.6 is 0 Å². The Hall–Kier alpha value is -2.47. The molecule has 0 spiro atoms. The number of hydrogen-bond donors (Lipinski definition) is 1. The van der Waals surface area contributed by atoms with E-state index < -0.39 is 0 Å². The van der Waals surface area contributed by atoms with Gasteiger partial charge in [-0.15, -0.1) is 10.2 Å². The molecular formula is C23H30N6. The summed E-state index contributed by atoms with van der Waals surface area (Å²) in [6.45, 7) is 10.6.